The second kappa shape index (κ2) is 7.40. The molecule has 0 radical (unpaired) electrons. The second-order valence-corrected chi connectivity index (χ2v) is 6.74. The Kier molecular flexibility index (Phi) is 4.79. The molecule has 0 aliphatic carbocycles. The Morgan fingerprint density at radius 2 is 1.93 bits per heavy atom. The van der Waals surface area contributed by atoms with E-state index in [0.717, 1.165) is 41.5 Å². The molecule has 1 aliphatic heterocycles. The minimum atomic E-state index is 0.253. The number of hydrogen-bond acceptors (Lipinski definition) is 8. The average Bonchev–Trinajstić information content (AvgIpc) is 3.07. The first-order valence-electron chi connectivity index (χ1n) is 9.11. The van der Waals surface area contributed by atoms with Crippen LogP contribution in [0.4, 0.5) is 11.5 Å². The maximum atomic E-state index is 8.70. The molecule has 3 N–H and O–H groups in total. The van der Waals surface area contributed by atoms with Gasteiger partial charge in [0.25, 0.3) is 0 Å². The van der Waals surface area contributed by atoms with E-state index >= 15 is 0 Å². The topological polar surface area (TPSA) is 114 Å². The van der Waals surface area contributed by atoms with Crippen molar-refractivity contribution < 1.29 is 9.26 Å². The number of benzene rings is 1. The first kappa shape index (κ1) is 18.1. The molecule has 3 aromatic rings. The Morgan fingerprint density at radius 3 is 2.64 bits per heavy atom. The van der Waals surface area contributed by atoms with E-state index in [1.807, 2.05) is 32.0 Å². The summed E-state index contributed by atoms with van der Waals surface area (Å²) in [6.45, 7) is 6.65. The third-order valence-electron chi connectivity index (χ3n) is 4.89. The summed E-state index contributed by atoms with van der Waals surface area (Å²) in [6.07, 6.45) is 1.49. The summed E-state index contributed by atoms with van der Waals surface area (Å²) in [5, 5.41) is 12.7. The molecule has 0 amide bonds. The Morgan fingerprint density at radius 1 is 1.14 bits per heavy atom. The quantitative estimate of drug-likeness (QED) is 0.530. The summed E-state index contributed by atoms with van der Waals surface area (Å²) in [6, 6.07) is 7.43. The van der Waals surface area contributed by atoms with Gasteiger partial charge < -0.3 is 19.9 Å². The normalized spacial score (nSPS) is 14.3. The van der Waals surface area contributed by atoms with E-state index < -0.39 is 0 Å². The number of aromatic nitrogens is 3. The predicted octanol–water partition coefficient (Wildman–Crippen LogP) is 2.58. The molecule has 28 heavy (non-hydrogen) atoms. The average molecular weight is 378 g/mol. The number of anilines is 2. The first-order chi connectivity index (χ1) is 13.5. The third-order valence-corrected chi connectivity index (χ3v) is 4.89. The van der Waals surface area contributed by atoms with E-state index in [1.54, 1.807) is 6.07 Å². The molecule has 0 bridgehead atoms. The molecule has 1 aliphatic rings. The zero-order valence-electron chi connectivity index (χ0n) is 15.9. The third kappa shape index (κ3) is 3.34. The number of nitrogens with one attached hydrogen (secondary N) is 1. The van der Waals surface area contributed by atoms with Crippen LogP contribution in [0.15, 0.2) is 35.1 Å². The molecule has 144 valence electrons. The van der Waals surface area contributed by atoms with Crippen molar-refractivity contribution in [2.75, 3.05) is 36.9 Å². The highest BCUT2D eigenvalue weighted by molar-refractivity contribution is 6.13. The molecular weight excluding hydrogens is 356 g/mol. The molecule has 1 saturated heterocycles. The summed E-state index contributed by atoms with van der Waals surface area (Å²) in [4.78, 5) is 10.8. The zero-order chi connectivity index (χ0) is 19.7. The van der Waals surface area contributed by atoms with Gasteiger partial charge in [-0.1, -0.05) is 11.2 Å². The van der Waals surface area contributed by atoms with Gasteiger partial charge in [-0.15, -0.1) is 0 Å². The number of morpholine rings is 1. The van der Waals surface area contributed by atoms with Gasteiger partial charge in [-0.2, -0.15) is 0 Å². The fraction of sp³-hybridized carbons (Fsp3) is 0.300. The standard InChI is InChI=1S/C20H22N6O2/c1-12-19(13(2)28-25-12)14-3-4-16(21)15(9-14)20(22)17-10-18(24-11-23-17)26-5-7-27-8-6-26/h3-4,9-11,22H,5-8,21H2,1-2H3. The maximum Gasteiger partial charge on any atom is 0.141 e. The number of hydrogen-bond donors (Lipinski definition) is 2. The Balaban J connectivity index is 1.69. The fourth-order valence-electron chi connectivity index (χ4n) is 3.41. The zero-order valence-corrected chi connectivity index (χ0v) is 15.9. The van der Waals surface area contributed by atoms with E-state index in [1.165, 1.54) is 6.33 Å². The van der Waals surface area contributed by atoms with Crippen LogP contribution < -0.4 is 10.6 Å². The van der Waals surface area contributed by atoms with Gasteiger partial charge in [0.15, 0.2) is 0 Å². The van der Waals surface area contributed by atoms with Crippen molar-refractivity contribution in [3.8, 4) is 11.1 Å². The summed E-state index contributed by atoms with van der Waals surface area (Å²) < 4.78 is 10.7. The SMILES string of the molecule is Cc1noc(C)c1-c1ccc(N)c(C(=N)c2cc(N3CCOCC3)ncn2)c1. The van der Waals surface area contributed by atoms with E-state index in [0.29, 0.717) is 30.2 Å². The van der Waals surface area contributed by atoms with Crippen molar-refractivity contribution in [3.05, 3.63) is 53.3 Å². The van der Waals surface area contributed by atoms with Crippen LogP contribution in [-0.2, 0) is 4.74 Å². The van der Waals surface area contributed by atoms with Crippen LogP contribution in [0.2, 0.25) is 0 Å². The van der Waals surface area contributed by atoms with Gasteiger partial charge in [0, 0.05) is 36.0 Å². The molecular formula is C20H22N6O2. The van der Waals surface area contributed by atoms with E-state index in [4.69, 9.17) is 20.4 Å². The number of nitrogen functional groups attached to an aromatic ring is 1. The van der Waals surface area contributed by atoms with Crippen LogP contribution in [0.1, 0.15) is 22.7 Å². The lowest BCUT2D eigenvalue weighted by atomic mass is 9.97. The molecule has 2 aromatic heterocycles. The van der Waals surface area contributed by atoms with Gasteiger partial charge in [-0.3, -0.25) is 5.41 Å². The highest BCUT2D eigenvalue weighted by Crippen LogP contribution is 2.30. The Bertz CT molecular complexity index is 1000. The number of nitrogens with zero attached hydrogens (tertiary/aromatic N) is 4. The van der Waals surface area contributed by atoms with Crippen LogP contribution in [0.5, 0.6) is 0 Å². The smallest absolute Gasteiger partial charge is 0.141 e. The van der Waals surface area contributed by atoms with Crippen LogP contribution in [0.25, 0.3) is 11.1 Å². The largest absolute Gasteiger partial charge is 0.398 e. The summed E-state index contributed by atoms with van der Waals surface area (Å²) in [5.74, 6) is 1.52. The van der Waals surface area contributed by atoms with E-state index in [-0.39, 0.29) is 5.71 Å². The molecule has 1 fully saturated rings. The monoisotopic (exact) mass is 378 g/mol. The van der Waals surface area contributed by atoms with E-state index in [9.17, 15) is 0 Å². The van der Waals surface area contributed by atoms with Crippen molar-refractivity contribution in [1.29, 1.82) is 5.41 Å². The van der Waals surface area contributed by atoms with Crippen molar-refractivity contribution >= 4 is 17.2 Å². The minimum Gasteiger partial charge on any atom is -0.398 e. The molecule has 0 atom stereocenters. The molecule has 1 aromatic carbocycles. The minimum absolute atomic E-state index is 0.253. The van der Waals surface area contributed by atoms with Crippen molar-refractivity contribution in [2.45, 2.75) is 13.8 Å². The number of aryl methyl sites for hydroxylation is 2. The Hall–Kier alpha value is -3.26. The van der Waals surface area contributed by atoms with Gasteiger partial charge in [0.2, 0.25) is 0 Å². The molecule has 8 nitrogen and oxygen atoms in total. The highest BCUT2D eigenvalue weighted by atomic mass is 16.5. The van der Waals surface area contributed by atoms with Crippen LogP contribution >= 0.6 is 0 Å². The summed E-state index contributed by atoms with van der Waals surface area (Å²) in [5.41, 5.74) is 10.7. The molecule has 8 heteroatoms. The van der Waals surface area contributed by atoms with Crippen LogP contribution in [0, 0.1) is 19.3 Å². The molecule has 4 rings (SSSR count). The van der Waals surface area contributed by atoms with Crippen molar-refractivity contribution in [3.63, 3.8) is 0 Å². The summed E-state index contributed by atoms with van der Waals surface area (Å²) >= 11 is 0. The van der Waals surface area contributed by atoms with Gasteiger partial charge in [0.1, 0.15) is 17.9 Å². The van der Waals surface area contributed by atoms with Gasteiger partial charge in [-0.25, -0.2) is 9.97 Å². The number of rotatable bonds is 4. The van der Waals surface area contributed by atoms with Crippen molar-refractivity contribution in [2.24, 2.45) is 0 Å². The molecule has 0 spiro atoms. The molecule has 0 saturated carbocycles. The Labute approximate surface area is 162 Å². The lowest BCUT2D eigenvalue weighted by molar-refractivity contribution is 0.122. The van der Waals surface area contributed by atoms with Gasteiger partial charge in [-0.05, 0) is 31.5 Å². The maximum absolute atomic E-state index is 8.70. The predicted molar refractivity (Wildman–Crippen MR) is 107 cm³/mol. The number of nitrogens with two attached hydrogens (primary N) is 1. The lowest BCUT2D eigenvalue weighted by Crippen LogP contribution is -2.36. The van der Waals surface area contributed by atoms with Crippen LogP contribution in [0.3, 0.4) is 0 Å². The first-order valence-corrected chi connectivity index (χ1v) is 9.11. The number of ether oxygens (including phenoxy) is 1. The lowest BCUT2D eigenvalue weighted by Gasteiger charge is -2.27. The van der Waals surface area contributed by atoms with Gasteiger partial charge in [0.05, 0.1) is 30.3 Å². The fourth-order valence-corrected chi connectivity index (χ4v) is 3.41. The van der Waals surface area contributed by atoms with Gasteiger partial charge >= 0.3 is 0 Å². The highest BCUT2D eigenvalue weighted by Gasteiger charge is 2.18. The van der Waals surface area contributed by atoms with Crippen LogP contribution in [-0.4, -0.2) is 47.1 Å². The molecule has 3 heterocycles. The summed E-state index contributed by atoms with van der Waals surface area (Å²) in [7, 11) is 0. The second-order valence-electron chi connectivity index (χ2n) is 6.74. The molecule has 0 unspecified atom stereocenters. The van der Waals surface area contributed by atoms with Crippen molar-refractivity contribution in [1.82, 2.24) is 15.1 Å². The van der Waals surface area contributed by atoms with E-state index in [2.05, 4.69) is 20.0 Å².